The summed E-state index contributed by atoms with van der Waals surface area (Å²) in [4.78, 5) is 2.36. The lowest BCUT2D eigenvalue weighted by molar-refractivity contribution is 0.0534. The Morgan fingerprint density at radius 2 is 2.06 bits per heavy atom. The van der Waals surface area contributed by atoms with Crippen molar-refractivity contribution in [1.29, 1.82) is 0 Å². The van der Waals surface area contributed by atoms with Crippen LogP contribution in [0.3, 0.4) is 0 Å². The monoisotopic (exact) mass is 229 g/mol. The van der Waals surface area contributed by atoms with Crippen molar-refractivity contribution in [2.75, 3.05) is 26.3 Å². The summed E-state index contributed by atoms with van der Waals surface area (Å²) in [7, 11) is 0. The van der Waals surface area contributed by atoms with Gasteiger partial charge in [0.2, 0.25) is 0 Å². The van der Waals surface area contributed by atoms with E-state index < -0.39 is 0 Å². The Labute approximate surface area is 99.5 Å². The quantitative estimate of drug-likeness (QED) is 0.725. The number of hydrogen-bond acceptors (Lipinski definition) is 3. The Kier molecular flexibility index (Phi) is 5.22. The maximum absolute atomic E-state index is 9.51. The fourth-order valence-electron chi connectivity index (χ4n) is 2.88. The average Bonchev–Trinajstić information content (AvgIpc) is 2.59. The van der Waals surface area contributed by atoms with Gasteiger partial charge in [-0.25, -0.2) is 0 Å². The molecule has 0 radical (unpaired) electrons. The van der Waals surface area contributed by atoms with E-state index in [1.54, 1.807) is 0 Å². The van der Waals surface area contributed by atoms with E-state index in [0.717, 1.165) is 25.9 Å². The van der Waals surface area contributed by atoms with E-state index in [9.17, 15) is 10.2 Å². The van der Waals surface area contributed by atoms with Crippen LogP contribution in [0.25, 0.3) is 0 Å². The van der Waals surface area contributed by atoms with E-state index in [1.807, 2.05) is 0 Å². The molecule has 0 saturated carbocycles. The molecule has 1 aliphatic heterocycles. The molecule has 96 valence electrons. The second kappa shape index (κ2) is 5.99. The molecule has 1 rings (SSSR count). The highest BCUT2D eigenvalue weighted by atomic mass is 16.3. The van der Waals surface area contributed by atoms with E-state index in [2.05, 4.69) is 25.7 Å². The summed E-state index contributed by atoms with van der Waals surface area (Å²) in [5.74, 6) is 0.578. The minimum Gasteiger partial charge on any atom is -0.396 e. The second-order valence-electron chi connectivity index (χ2n) is 5.71. The number of rotatable bonds is 6. The molecular formula is C13H27NO2. The van der Waals surface area contributed by atoms with E-state index in [4.69, 9.17) is 0 Å². The highest BCUT2D eigenvalue weighted by molar-refractivity contribution is 4.88. The molecule has 3 heteroatoms. The second-order valence-corrected chi connectivity index (χ2v) is 5.71. The zero-order valence-corrected chi connectivity index (χ0v) is 10.9. The molecule has 2 N–H and O–H groups in total. The van der Waals surface area contributed by atoms with Crippen LogP contribution in [0, 0.1) is 11.3 Å². The third kappa shape index (κ3) is 3.19. The first-order valence-electron chi connectivity index (χ1n) is 6.52. The van der Waals surface area contributed by atoms with Gasteiger partial charge in [-0.2, -0.15) is 0 Å². The highest BCUT2D eigenvalue weighted by Gasteiger charge is 2.35. The molecule has 1 heterocycles. The maximum atomic E-state index is 9.51. The van der Waals surface area contributed by atoms with Crippen LogP contribution in [0.1, 0.15) is 40.0 Å². The number of hydrogen-bond donors (Lipinski definition) is 2. The van der Waals surface area contributed by atoms with Crippen LogP contribution in [0.2, 0.25) is 0 Å². The molecule has 3 atom stereocenters. The first-order valence-corrected chi connectivity index (χ1v) is 6.52. The van der Waals surface area contributed by atoms with Crippen molar-refractivity contribution in [3.05, 3.63) is 0 Å². The summed E-state index contributed by atoms with van der Waals surface area (Å²) in [6.45, 7) is 8.96. The van der Waals surface area contributed by atoms with Gasteiger partial charge >= 0.3 is 0 Å². The van der Waals surface area contributed by atoms with Crippen LogP contribution in [-0.2, 0) is 0 Å². The number of likely N-dealkylation sites (tertiary alicyclic amines) is 1. The summed E-state index contributed by atoms with van der Waals surface area (Å²) >= 11 is 0. The molecule has 0 amide bonds. The molecule has 0 aromatic heterocycles. The molecule has 3 nitrogen and oxygen atoms in total. The third-order valence-corrected chi connectivity index (χ3v) is 4.00. The molecule has 0 bridgehead atoms. The Morgan fingerprint density at radius 1 is 1.38 bits per heavy atom. The first-order chi connectivity index (χ1) is 7.56. The lowest BCUT2D eigenvalue weighted by Crippen LogP contribution is -2.43. The van der Waals surface area contributed by atoms with Crippen molar-refractivity contribution < 1.29 is 10.2 Å². The van der Waals surface area contributed by atoms with Crippen LogP contribution < -0.4 is 0 Å². The fraction of sp³-hybridized carbons (Fsp3) is 1.00. The SMILES string of the molecule is CCCC(C)(CO)CN1CCC(C)C1CO. The van der Waals surface area contributed by atoms with Crippen molar-refractivity contribution in [1.82, 2.24) is 4.90 Å². The minimum absolute atomic E-state index is 0.00771. The Balaban J connectivity index is 2.58. The lowest BCUT2D eigenvalue weighted by atomic mass is 9.85. The lowest BCUT2D eigenvalue weighted by Gasteiger charge is -2.35. The molecule has 3 unspecified atom stereocenters. The smallest absolute Gasteiger partial charge is 0.0589 e. The van der Waals surface area contributed by atoms with Crippen LogP contribution >= 0.6 is 0 Å². The van der Waals surface area contributed by atoms with Gasteiger partial charge in [-0.05, 0) is 25.3 Å². The van der Waals surface area contributed by atoms with Gasteiger partial charge in [0.15, 0.2) is 0 Å². The van der Waals surface area contributed by atoms with Gasteiger partial charge in [-0.15, -0.1) is 0 Å². The highest BCUT2D eigenvalue weighted by Crippen LogP contribution is 2.30. The topological polar surface area (TPSA) is 43.7 Å². The fourth-order valence-corrected chi connectivity index (χ4v) is 2.88. The van der Waals surface area contributed by atoms with Crippen molar-refractivity contribution in [3.8, 4) is 0 Å². The van der Waals surface area contributed by atoms with Gasteiger partial charge in [0.1, 0.15) is 0 Å². The van der Waals surface area contributed by atoms with E-state index in [0.29, 0.717) is 12.0 Å². The van der Waals surface area contributed by atoms with Crippen LogP contribution in [0.15, 0.2) is 0 Å². The molecule has 1 fully saturated rings. The molecule has 16 heavy (non-hydrogen) atoms. The van der Waals surface area contributed by atoms with Gasteiger partial charge in [-0.3, -0.25) is 4.90 Å². The summed E-state index contributed by atoms with van der Waals surface area (Å²) < 4.78 is 0. The van der Waals surface area contributed by atoms with Gasteiger partial charge in [0.25, 0.3) is 0 Å². The molecule has 1 saturated heterocycles. The normalized spacial score (nSPS) is 30.6. The number of nitrogens with zero attached hydrogens (tertiary/aromatic N) is 1. The maximum Gasteiger partial charge on any atom is 0.0589 e. The Bertz CT molecular complexity index is 210. The van der Waals surface area contributed by atoms with Crippen LogP contribution in [0.4, 0.5) is 0 Å². The van der Waals surface area contributed by atoms with Gasteiger partial charge in [0.05, 0.1) is 6.61 Å². The summed E-state index contributed by atoms with van der Waals surface area (Å²) in [5.41, 5.74) is -0.00771. The summed E-state index contributed by atoms with van der Waals surface area (Å²) in [6.07, 6.45) is 3.32. The van der Waals surface area contributed by atoms with Gasteiger partial charge in [-0.1, -0.05) is 27.2 Å². The predicted octanol–water partition coefficient (Wildman–Crippen LogP) is 1.49. The van der Waals surface area contributed by atoms with E-state index in [1.165, 1.54) is 6.42 Å². The molecule has 0 spiro atoms. The average molecular weight is 229 g/mol. The Hall–Kier alpha value is -0.120. The zero-order chi connectivity index (χ0) is 12.2. The zero-order valence-electron chi connectivity index (χ0n) is 10.9. The molecule has 0 aliphatic carbocycles. The predicted molar refractivity (Wildman–Crippen MR) is 66.3 cm³/mol. The van der Waals surface area contributed by atoms with E-state index >= 15 is 0 Å². The minimum atomic E-state index is -0.00771. The molecule has 1 aliphatic rings. The van der Waals surface area contributed by atoms with Crippen LogP contribution in [0.5, 0.6) is 0 Å². The van der Waals surface area contributed by atoms with Crippen molar-refractivity contribution in [2.45, 2.75) is 46.1 Å². The van der Waals surface area contributed by atoms with Gasteiger partial charge < -0.3 is 10.2 Å². The number of aliphatic hydroxyl groups is 2. The first kappa shape index (κ1) is 13.9. The van der Waals surface area contributed by atoms with Crippen molar-refractivity contribution >= 4 is 0 Å². The standard InChI is InChI=1S/C13H27NO2/c1-4-6-13(3,10-16)9-14-7-5-11(2)12(14)8-15/h11-12,15-16H,4-10H2,1-3H3. The molecular weight excluding hydrogens is 202 g/mol. The third-order valence-electron chi connectivity index (χ3n) is 4.00. The molecule has 0 aromatic rings. The van der Waals surface area contributed by atoms with Crippen molar-refractivity contribution in [2.24, 2.45) is 11.3 Å². The largest absolute Gasteiger partial charge is 0.396 e. The van der Waals surface area contributed by atoms with Crippen molar-refractivity contribution in [3.63, 3.8) is 0 Å². The van der Waals surface area contributed by atoms with Crippen LogP contribution in [-0.4, -0.2) is 47.5 Å². The summed E-state index contributed by atoms with van der Waals surface area (Å²) in [6, 6.07) is 0.294. The molecule has 0 aromatic carbocycles. The Morgan fingerprint density at radius 3 is 2.56 bits per heavy atom. The van der Waals surface area contributed by atoms with E-state index in [-0.39, 0.29) is 18.6 Å². The summed E-state index contributed by atoms with van der Waals surface area (Å²) in [5, 5.41) is 18.9. The number of aliphatic hydroxyl groups excluding tert-OH is 2. The van der Waals surface area contributed by atoms with Gasteiger partial charge in [0, 0.05) is 24.6 Å².